The summed E-state index contributed by atoms with van der Waals surface area (Å²) in [6.45, 7) is 6.39. The van der Waals surface area contributed by atoms with Crippen LogP contribution in [0.3, 0.4) is 0 Å². The molecule has 1 amide bonds. The van der Waals surface area contributed by atoms with E-state index in [1.807, 2.05) is 20.8 Å². The zero-order chi connectivity index (χ0) is 15.7. The zero-order valence-electron chi connectivity index (χ0n) is 12.9. The van der Waals surface area contributed by atoms with Gasteiger partial charge in [-0.15, -0.1) is 6.42 Å². The van der Waals surface area contributed by atoms with Crippen molar-refractivity contribution < 1.29 is 14.3 Å². The average Bonchev–Trinajstić information content (AvgIpc) is 2.52. The van der Waals surface area contributed by atoms with Gasteiger partial charge in [-0.2, -0.15) is 0 Å². The van der Waals surface area contributed by atoms with Crippen LogP contribution in [0.4, 0.5) is 0 Å². The topological polar surface area (TPSA) is 47.6 Å². The van der Waals surface area contributed by atoms with E-state index < -0.39 is 5.54 Å². The quantitative estimate of drug-likeness (QED) is 0.749. The van der Waals surface area contributed by atoms with E-state index in [1.165, 1.54) is 0 Å². The predicted octanol–water partition coefficient (Wildman–Crippen LogP) is 2.77. The average molecular weight is 289 g/mol. The first-order valence-electron chi connectivity index (χ1n) is 7.23. The van der Waals surface area contributed by atoms with Crippen molar-refractivity contribution in [3.63, 3.8) is 0 Å². The highest BCUT2D eigenvalue weighted by Crippen LogP contribution is 2.18. The van der Waals surface area contributed by atoms with Crippen molar-refractivity contribution in [2.45, 2.75) is 39.2 Å². The summed E-state index contributed by atoms with van der Waals surface area (Å²) in [6.07, 6.45) is 6.89. The number of terminal acetylenes is 1. The molecule has 4 heteroatoms. The number of amides is 1. The van der Waals surface area contributed by atoms with E-state index >= 15 is 0 Å². The van der Waals surface area contributed by atoms with Crippen molar-refractivity contribution in [1.29, 1.82) is 0 Å². The third-order valence-corrected chi connectivity index (χ3v) is 3.37. The molecule has 1 N–H and O–H groups in total. The third kappa shape index (κ3) is 5.03. The molecule has 0 aliphatic heterocycles. The Morgan fingerprint density at radius 3 is 2.10 bits per heavy atom. The molecule has 0 aromatic heterocycles. The van der Waals surface area contributed by atoms with E-state index in [2.05, 4.69) is 11.2 Å². The van der Waals surface area contributed by atoms with Crippen LogP contribution < -0.4 is 14.8 Å². The van der Waals surface area contributed by atoms with E-state index in [1.54, 1.807) is 24.3 Å². The number of hydrogen-bond acceptors (Lipinski definition) is 3. The van der Waals surface area contributed by atoms with E-state index in [4.69, 9.17) is 15.9 Å². The van der Waals surface area contributed by atoms with Gasteiger partial charge in [-0.3, -0.25) is 4.79 Å². The summed E-state index contributed by atoms with van der Waals surface area (Å²) in [5.41, 5.74) is -0.584. The van der Waals surface area contributed by atoms with Crippen molar-refractivity contribution in [3.8, 4) is 23.8 Å². The van der Waals surface area contributed by atoms with Crippen LogP contribution in [0.1, 0.15) is 33.6 Å². The molecule has 0 bridgehead atoms. The van der Waals surface area contributed by atoms with Gasteiger partial charge in [0, 0.05) is 0 Å². The van der Waals surface area contributed by atoms with Crippen LogP contribution in [0.2, 0.25) is 0 Å². The minimum atomic E-state index is -0.584. The van der Waals surface area contributed by atoms with Gasteiger partial charge in [0.2, 0.25) is 0 Å². The molecule has 1 aromatic carbocycles. The molecule has 0 heterocycles. The van der Waals surface area contributed by atoms with E-state index in [0.29, 0.717) is 25.2 Å². The molecule has 0 saturated carbocycles. The lowest BCUT2D eigenvalue weighted by atomic mass is 9.94. The van der Waals surface area contributed by atoms with Crippen molar-refractivity contribution >= 4 is 5.91 Å². The second kappa shape index (κ2) is 8.21. The van der Waals surface area contributed by atoms with Gasteiger partial charge in [0.25, 0.3) is 5.91 Å². The number of carbonyl (C=O) groups is 1. The Kier molecular flexibility index (Phi) is 6.61. The fourth-order valence-corrected chi connectivity index (χ4v) is 1.92. The number of ether oxygens (including phenoxy) is 2. The molecule has 1 aromatic rings. The molecule has 1 rings (SSSR count). The standard InChI is InChI=1S/C17H23NO3/c1-5-17(6-2,7-3)18-16(19)13-21-15-11-9-14(10-12-15)20-8-4/h1,9-12H,6-8,13H2,2-4H3,(H,18,19). The van der Waals surface area contributed by atoms with Crippen LogP contribution in [-0.4, -0.2) is 24.7 Å². The molecule has 114 valence electrons. The Bertz CT molecular complexity index is 484. The Balaban J connectivity index is 2.51. The lowest BCUT2D eigenvalue weighted by Gasteiger charge is -2.26. The molecule has 21 heavy (non-hydrogen) atoms. The molecule has 0 radical (unpaired) electrons. The lowest BCUT2D eigenvalue weighted by molar-refractivity contribution is -0.124. The summed E-state index contributed by atoms with van der Waals surface area (Å²) < 4.78 is 10.8. The van der Waals surface area contributed by atoms with Crippen molar-refractivity contribution in [2.75, 3.05) is 13.2 Å². The number of carbonyl (C=O) groups excluding carboxylic acids is 1. The van der Waals surface area contributed by atoms with Gasteiger partial charge >= 0.3 is 0 Å². The van der Waals surface area contributed by atoms with E-state index in [0.717, 1.165) is 5.75 Å². The second-order valence-corrected chi connectivity index (χ2v) is 4.67. The Morgan fingerprint density at radius 2 is 1.67 bits per heavy atom. The monoisotopic (exact) mass is 289 g/mol. The minimum Gasteiger partial charge on any atom is -0.494 e. The molecule has 0 unspecified atom stereocenters. The fourth-order valence-electron chi connectivity index (χ4n) is 1.92. The smallest absolute Gasteiger partial charge is 0.259 e. The Hall–Kier alpha value is -2.15. The SMILES string of the molecule is C#CC(CC)(CC)NC(=O)COc1ccc(OCC)cc1. The van der Waals surface area contributed by atoms with Gasteiger partial charge in [-0.05, 0) is 44.0 Å². The predicted molar refractivity (Wildman–Crippen MR) is 83.4 cm³/mol. The highest BCUT2D eigenvalue weighted by atomic mass is 16.5. The Morgan fingerprint density at radius 1 is 1.14 bits per heavy atom. The molecular weight excluding hydrogens is 266 g/mol. The number of nitrogens with one attached hydrogen (secondary N) is 1. The third-order valence-electron chi connectivity index (χ3n) is 3.37. The maximum Gasteiger partial charge on any atom is 0.259 e. The molecular formula is C17H23NO3. The van der Waals surface area contributed by atoms with Crippen molar-refractivity contribution in [2.24, 2.45) is 0 Å². The summed E-state index contributed by atoms with van der Waals surface area (Å²) in [7, 11) is 0. The molecule has 0 aliphatic rings. The highest BCUT2D eigenvalue weighted by Gasteiger charge is 2.25. The van der Waals surface area contributed by atoms with E-state index in [-0.39, 0.29) is 12.5 Å². The van der Waals surface area contributed by atoms with Crippen molar-refractivity contribution in [3.05, 3.63) is 24.3 Å². The molecule has 0 fully saturated rings. The summed E-state index contributed by atoms with van der Waals surface area (Å²) in [5, 5.41) is 2.86. The molecule has 0 aliphatic carbocycles. The Labute approximate surface area is 126 Å². The van der Waals surface area contributed by atoms with Crippen LogP contribution in [0.25, 0.3) is 0 Å². The van der Waals surface area contributed by atoms with Gasteiger partial charge in [0.05, 0.1) is 6.61 Å². The maximum absolute atomic E-state index is 11.9. The first-order valence-corrected chi connectivity index (χ1v) is 7.23. The molecule has 0 atom stereocenters. The number of benzene rings is 1. The highest BCUT2D eigenvalue weighted by molar-refractivity contribution is 5.79. The maximum atomic E-state index is 11.9. The minimum absolute atomic E-state index is 0.0581. The van der Waals surface area contributed by atoms with Gasteiger partial charge in [0.1, 0.15) is 17.0 Å². The summed E-state index contributed by atoms with van der Waals surface area (Å²) in [5.74, 6) is 3.84. The van der Waals surface area contributed by atoms with Crippen LogP contribution in [-0.2, 0) is 4.79 Å². The molecule has 0 saturated heterocycles. The van der Waals surface area contributed by atoms with Crippen LogP contribution in [0.15, 0.2) is 24.3 Å². The lowest BCUT2D eigenvalue weighted by Crippen LogP contribution is -2.48. The first kappa shape index (κ1) is 16.9. The summed E-state index contributed by atoms with van der Waals surface area (Å²) in [6, 6.07) is 7.15. The van der Waals surface area contributed by atoms with Gasteiger partial charge in [-0.25, -0.2) is 0 Å². The van der Waals surface area contributed by atoms with Crippen LogP contribution in [0, 0.1) is 12.3 Å². The normalized spacial score (nSPS) is 10.6. The van der Waals surface area contributed by atoms with E-state index in [9.17, 15) is 4.79 Å². The molecule has 4 nitrogen and oxygen atoms in total. The number of rotatable bonds is 8. The van der Waals surface area contributed by atoms with Crippen LogP contribution >= 0.6 is 0 Å². The molecule has 0 spiro atoms. The fraction of sp³-hybridized carbons (Fsp3) is 0.471. The zero-order valence-corrected chi connectivity index (χ0v) is 12.9. The van der Waals surface area contributed by atoms with Gasteiger partial charge < -0.3 is 14.8 Å². The largest absolute Gasteiger partial charge is 0.494 e. The van der Waals surface area contributed by atoms with Gasteiger partial charge in [-0.1, -0.05) is 19.8 Å². The second-order valence-electron chi connectivity index (χ2n) is 4.67. The van der Waals surface area contributed by atoms with Gasteiger partial charge in [0.15, 0.2) is 6.61 Å². The summed E-state index contributed by atoms with van der Waals surface area (Å²) in [4.78, 5) is 11.9. The summed E-state index contributed by atoms with van der Waals surface area (Å²) >= 11 is 0. The number of hydrogen-bond donors (Lipinski definition) is 1. The first-order chi connectivity index (χ1) is 10.1. The van der Waals surface area contributed by atoms with Crippen molar-refractivity contribution in [1.82, 2.24) is 5.32 Å². The van der Waals surface area contributed by atoms with Crippen LogP contribution in [0.5, 0.6) is 11.5 Å².